The van der Waals surface area contributed by atoms with Gasteiger partial charge in [-0.25, -0.2) is 27.2 Å². The number of alkyl halides is 3. The number of nitrogens with zero attached hydrogens (tertiary/aromatic N) is 4. The second kappa shape index (κ2) is 11.8. The van der Waals surface area contributed by atoms with Gasteiger partial charge in [0.1, 0.15) is 17.9 Å². The summed E-state index contributed by atoms with van der Waals surface area (Å²) in [5.74, 6) is -1.20. The van der Waals surface area contributed by atoms with Crippen molar-refractivity contribution in [3.63, 3.8) is 0 Å². The molecule has 13 heteroatoms. The average Bonchev–Trinajstić information content (AvgIpc) is 3.43. The topological polar surface area (TPSA) is 115 Å². The van der Waals surface area contributed by atoms with Gasteiger partial charge in [-0.15, -0.1) is 0 Å². The van der Waals surface area contributed by atoms with Crippen LogP contribution in [0.5, 0.6) is 5.75 Å². The second-order valence-electron chi connectivity index (χ2n) is 10.4. The number of carboxylic acid groups (broad SMARTS) is 1. The minimum Gasteiger partial charge on any atom is -0.488 e. The van der Waals surface area contributed by atoms with Gasteiger partial charge < -0.3 is 9.84 Å². The summed E-state index contributed by atoms with van der Waals surface area (Å²) in [5.41, 5.74) is 1.65. The van der Waals surface area contributed by atoms with Crippen molar-refractivity contribution in [1.82, 2.24) is 19.1 Å². The molecular weight excluding hydrogens is 585 g/mol. The first kappa shape index (κ1) is 30.2. The van der Waals surface area contributed by atoms with Crippen LogP contribution >= 0.6 is 0 Å². The highest BCUT2D eigenvalue weighted by atomic mass is 32.2. The smallest absolute Gasteiger partial charge is 0.434 e. The van der Waals surface area contributed by atoms with Crippen molar-refractivity contribution >= 4 is 16.0 Å². The van der Waals surface area contributed by atoms with Crippen molar-refractivity contribution in [3.05, 3.63) is 94.8 Å². The van der Waals surface area contributed by atoms with Crippen LogP contribution in [0.1, 0.15) is 51.5 Å². The Morgan fingerprint density at radius 2 is 1.79 bits per heavy atom. The summed E-state index contributed by atoms with van der Waals surface area (Å²) in [6.07, 6.45) is -1.57. The van der Waals surface area contributed by atoms with Crippen LogP contribution in [0.4, 0.5) is 13.2 Å². The molecule has 0 atom stereocenters. The van der Waals surface area contributed by atoms with Crippen LogP contribution in [-0.4, -0.2) is 57.9 Å². The second-order valence-corrected chi connectivity index (χ2v) is 12.4. The number of carbonyl (C=O) groups is 1. The van der Waals surface area contributed by atoms with E-state index in [-0.39, 0.29) is 18.3 Å². The van der Waals surface area contributed by atoms with E-state index in [9.17, 15) is 31.5 Å². The van der Waals surface area contributed by atoms with Gasteiger partial charge in [0.05, 0.1) is 18.1 Å². The number of aromatic nitrogens is 3. The molecule has 0 amide bonds. The van der Waals surface area contributed by atoms with Gasteiger partial charge in [-0.05, 0) is 66.6 Å². The number of para-hydroxylation sites is 1. The van der Waals surface area contributed by atoms with Crippen LogP contribution in [0.3, 0.4) is 0 Å². The Hall–Kier alpha value is -4.23. The highest BCUT2D eigenvalue weighted by Crippen LogP contribution is 2.35. The Bertz CT molecular complexity index is 1760. The van der Waals surface area contributed by atoms with E-state index in [4.69, 9.17) is 4.74 Å². The molecule has 0 unspecified atom stereocenters. The number of benzene rings is 2. The summed E-state index contributed by atoms with van der Waals surface area (Å²) in [6, 6.07) is 17.5. The molecule has 0 spiro atoms. The molecular formula is C30H29F3N4O5S. The van der Waals surface area contributed by atoms with Gasteiger partial charge in [-0.2, -0.15) is 18.3 Å². The van der Waals surface area contributed by atoms with Gasteiger partial charge in [-0.3, -0.25) is 0 Å². The standard InChI is InChI=1S/C30H29F3N4O5S/c1-19-16-20(10-11-22(19)21-12-14-36(15-13-21)43(2,40)41)18-42-26-8-4-3-6-23(26)25-7-5-9-27(35-25)37-28(30(31,32)33)24(17-34-37)29(38)39/h3-11,16-17,21H,12-15,18H2,1-2H3,(H,38,39). The number of aromatic carboxylic acids is 1. The molecule has 1 aliphatic heterocycles. The lowest BCUT2D eigenvalue weighted by atomic mass is 9.87. The lowest BCUT2D eigenvalue weighted by Crippen LogP contribution is -2.37. The zero-order valence-electron chi connectivity index (χ0n) is 23.4. The molecule has 226 valence electrons. The molecule has 0 aliphatic carbocycles. The predicted molar refractivity (Wildman–Crippen MR) is 153 cm³/mol. The Kier molecular flexibility index (Phi) is 8.30. The monoisotopic (exact) mass is 614 g/mol. The summed E-state index contributed by atoms with van der Waals surface area (Å²) in [7, 11) is -3.19. The average molecular weight is 615 g/mol. The largest absolute Gasteiger partial charge is 0.488 e. The molecule has 1 saturated heterocycles. The van der Waals surface area contributed by atoms with Crippen LogP contribution in [0.25, 0.3) is 17.1 Å². The fourth-order valence-corrected chi connectivity index (χ4v) is 6.27. The molecule has 4 aromatic rings. The molecule has 5 rings (SSSR count). The molecule has 9 nitrogen and oxygen atoms in total. The highest BCUT2D eigenvalue weighted by molar-refractivity contribution is 7.88. The third-order valence-corrected chi connectivity index (χ3v) is 8.78. The van der Waals surface area contributed by atoms with Gasteiger partial charge in [0, 0.05) is 18.7 Å². The number of hydrogen-bond donors (Lipinski definition) is 1. The van der Waals surface area contributed by atoms with Gasteiger partial charge in [0.2, 0.25) is 10.0 Å². The zero-order valence-corrected chi connectivity index (χ0v) is 24.2. The van der Waals surface area contributed by atoms with Crippen molar-refractivity contribution in [1.29, 1.82) is 0 Å². The number of sulfonamides is 1. The molecule has 1 N–H and O–H groups in total. The maximum Gasteiger partial charge on any atom is 0.434 e. The van der Waals surface area contributed by atoms with E-state index in [0.29, 0.717) is 41.0 Å². The first-order chi connectivity index (χ1) is 20.3. The number of pyridine rings is 1. The molecule has 1 fully saturated rings. The SMILES string of the molecule is Cc1cc(COc2ccccc2-c2cccc(-n3ncc(C(=O)O)c3C(F)(F)F)n2)ccc1C1CCN(S(C)(=O)=O)CC1. The van der Waals surface area contributed by atoms with E-state index >= 15 is 0 Å². The maximum atomic E-state index is 13.8. The van der Waals surface area contributed by atoms with E-state index in [1.54, 1.807) is 30.3 Å². The van der Waals surface area contributed by atoms with Crippen LogP contribution in [0, 0.1) is 6.92 Å². The molecule has 0 bridgehead atoms. The Morgan fingerprint density at radius 3 is 2.44 bits per heavy atom. The van der Waals surface area contributed by atoms with E-state index in [1.807, 2.05) is 19.1 Å². The minimum atomic E-state index is -4.97. The predicted octanol–water partition coefficient (Wildman–Crippen LogP) is 5.68. The van der Waals surface area contributed by atoms with Crippen molar-refractivity contribution in [2.45, 2.75) is 38.5 Å². The van der Waals surface area contributed by atoms with Gasteiger partial charge in [0.25, 0.3) is 0 Å². The van der Waals surface area contributed by atoms with Gasteiger partial charge >= 0.3 is 12.1 Å². The lowest BCUT2D eigenvalue weighted by Gasteiger charge is -2.31. The molecule has 2 aromatic heterocycles. The molecule has 43 heavy (non-hydrogen) atoms. The quantitative estimate of drug-likeness (QED) is 0.272. The van der Waals surface area contributed by atoms with Crippen molar-refractivity contribution < 1.29 is 36.2 Å². The number of ether oxygens (including phenoxy) is 1. The Morgan fingerprint density at radius 1 is 1.07 bits per heavy atom. The molecule has 3 heterocycles. The summed E-state index contributed by atoms with van der Waals surface area (Å²) < 4.78 is 73.1. The van der Waals surface area contributed by atoms with E-state index < -0.39 is 33.4 Å². The van der Waals surface area contributed by atoms with Crippen LogP contribution in [0.2, 0.25) is 0 Å². The van der Waals surface area contributed by atoms with Crippen LogP contribution < -0.4 is 4.74 Å². The first-order valence-electron chi connectivity index (χ1n) is 13.5. The molecule has 1 aliphatic rings. The van der Waals surface area contributed by atoms with Gasteiger partial charge in [-0.1, -0.05) is 36.4 Å². The third-order valence-electron chi connectivity index (χ3n) is 7.47. The first-order valence-corrected chi connectivity index (χ1v) is 15.3. The molecule has 0 saturated carbocycles. The van der Waals surface area contributed by atoms with E-state index in [0.717, 1.165) is 24.0 Å². The van der Waals surface area contributed by atoms with Crippen molar-refractivity contribution in [2.24, 2.45) is 0 Å². The number of carboxylic acids is 1. The molecule has 2 aromatic carbocycles. The van der Waals surface area contributed by atoms with E-state index in [2.05, 4.69) is 16.1 Å². The summed E-state index contributed by atoms with van der Waals surface area (Å²) in [6.45, 7) is 3.24. The zero-order chi connectivity index (χ0) is 30.9. The number of piperidine rings is 1. The lowest BCUT2D eigenvalue weighted by molar-refractivity contribution is -0.143. The number of halogens is 3. The summed E-state index contributed by atoms with van der Waals surface area (Å²) >= 11 is 0. The third kappa shape index (κ3) is 6.57. The Balaban J connectivity index is 1.35. The number of aryl methyl sites for hydroxylation is 1. The highest BCUT2D eigenvalue weighted by Gasteiger charge is 2.41. The normalized spacial score (nSPS) is 15.0. The van der Waals surface area contributed by atoms with Crippen molar-refractivity contribution in [2.75, 3.05) is 19.3 Å². The maximum absolute atomic E-state index is 13.8. The van der Waals surface area contributed by atoms with Crippen LogP contribution in [-0.2, 0) is 22.8 Å². The fourth-order valence-electron chi connectivity index (χ4n) is 5.39. The van der Waals surface area contributed by atoms with Crippen molar-refractivity contribution in [3.8, 4) is 22.8 Å². The minimum absolute atomic E-state index is 0.194. The summed E-state index contributed by atoms with van der Waals surface area (Å²) in [5, 5.41) is 12.9. The summed E-state index contributed by atoms with van der Waals surface area (Å²) in [4.78, 5) is 15.7. The van der Waals surface area contributed by atoms with Crippen LogP contribution in [0.15, 0.2) is 66.9 Å². The molecule has 0 radical (unpaired) electrons. The Labute approximate surface area is 246 Å². The van der Waals surface area contributed by atoms with Gasteiger partial charge in [0.15, 0.2) is 11.5 Å². The number of hydrogen-bond acceptors (Lipinski definition) is 6. The van der Waals surface area contributed by atoms with E-state index in [1.165, 1.54) is 28.3 Å². The fraction of sp³-hybridized carbons (Fsp3) is 0.300. The number of rotatable bonds is 8.